The minimum atomic E-state index is -0.935. The van der Waals surface area contributed by atoms with Gasteiger partial charge in [-0.25, -0.2) is 13.2 Å². The van der Waals surface area contributed by atoms with E-state index < -0.39 is 29.3 Å². The normalized spacial score (nSPS) is 10.3. The molecule has 0 bridgehead atoms. The summed E-state index contributed by atoms with van der Waals surface area (Å²) in [6, 6.07) is 10.8. The number of pyridine rings is 1. The Hall–Kier alpha value is -3.68. The van der Waals surface area contributed by atoms with Gasteiger partial charge in [0.1, 0.15) is 23.1 Å². The van der Waals surface area contributed by atoms with Crippen molar-refractivity contribution in [2.75, 3.05) is 10.6 Å². The zero-order valence-corrected chi connectivity index (χ0v) is 13.7. The SMILES string of the molecule is O=C(Nc1ccc(F)cc1F)c1ccnc(C(=O)Nc2ccccc2F)c1. The summed E-state index contributed by atoms with van der Waals surface area (Å²) in [5.74, 6) is -3.77. The maximum atomic E-state index is 13.6. The first-order valence-corrected chi connectivity index (χ1v) is 7.72. The first-order chi connectivity index (χ1) is 12.9. The van der Waals surface area contributed by atoms with Crippen molar-refractivity contribution in [1.29, 1.82) is 0 Å². The molecule has 1 heterocycles. The van der Waals surface area contributed by atoms with Crippen LogP contribution in [0.25, 0.3) is 0 Å². The number of halogens is 3. The standard InChI is InChI=1S/C19H12F3N3O2/c20-12-5-6-16(14(22)10-12)24-18(26)11-7-8-23-17(9-11)19(27)25-15-4-2-1-3-13(15)21/h1-10H,(H,24,26)(H,25,27). The molecule has 0 saturated carbocycles. The van der Waals surface area contributed by atoms with E-state index in [0.29, 0.717) is 6.07 Å². The maximum Gasteiger partial charge on any atom is 0.274 e. The van der Waals surface area contributed by atoms with Gasteiger partial charge in [0.2, 0.25) is 0 Å². The number of carbonyl (C=O) groups is 2. The average Bonchev–Trinajstić information content (AvgIpc) is 2.66. The molecule has 1 aromatic heterocycles. The number of amides is 2. The fraction of sp³-hybridized carbons (Fsp3) is 0. The molecule has 27 heavy (non-hydrogen) atoms. The summed E-state index contributed by atoms with van der Waals surface area (Å²) in [5, 5.41) is 4.63. The van der Waals surface area contributed by atoms with E-state index in [1.807, 2.05) is 0 Å². The van der Waals surface area contributed by atoms with Gasteiger partial charge in [0.25, 0.3) is 11.8 Å². The maximum absolute atomic E-state index is 13.6. The summed E-state index contributed by atoms with van der Waals surface area (Å²) in [6.07, 6.45) is 1.21. The zero-order valence-electron chi connectivity index (χ0n) is 13.7. The number of hydrogen-bond donors (Lipinski definition) is 2. The van der Waals surface area contributed by atoms with Crippen LogP contribution in [0.15, 0.2) is 60.8 Å². The third-order valence-corrected chi connectivity index (χ3v) is 3.56. The number of benzene rings is 2. The van der Waals surface area contributed by atoms with Gasteiger partial charge in [0.05, 0.1) is 11.4 Å². The molecule has 0 saturated heterocycles. The van der Waals surface area contributed by atoms with Crippen LogP contribution in [-0.4, -0.2) is 16.8 Å². The number of nitrogens with zero attached hydrogens (tertiary/aromatic N) is 1. The lowest BCUT2D eigenvalue weighted by Crippen LogP contribution is -2.17. The number of rotatable bonds is 4. The van der Waals surface area contributed by atoms with Gasteiger partial charge >= 0.3 is 0 Å². The van der Waals surface area contributed by atoms with E-state index >= 15 is 0 Å². The lowest BCUT2D eigenvalue weighted by molar-refractivity contribution is 0.102. The zero-order chi connectivity index (χ0) is 19.4. The van der Waals surface area contributed by atoms with Crippen molar-refractivity contribution >= 4 is 23.2 Å². The molecule has 2 amide bonds. The van der Waals surface area contributed by atoms with Crippen molar-refractivity contribution in [1.82, 2.24) is 4.98 Å². The fourth-order valence-corrected chi connectivity index (χ4v) is 2.23. The van der Waals surface area contributed by atoms with Crippen molar-refractivity contribution in [3.05, 3.63) is 89.5 Å². The Labute approximate surface area is 151 Å². The van der Waals surface area contributed by atoms with Gasteiger partial charge in [-0.15, -0.1) is 0 Å². The van der Waals surface area contributed by atoms with Crippen molar-refractivity contribution in [2.24, 2.45) is 0 Å². The van der Waals surface area contributed by atoms with Gasteiger partial charge in [-0.3, -0.25) is 14.6 Å². The molecule has 2 N–H and O–H groups in total. The Bertz CT molecular complexity index is 1020. The number of aromatic nitrogens is 1. The highest BCUT2D eigenvalue weighted by molar-refractivity contribution is 6.07. The molecule has 0 radical (unpaired) electrons. The predicted molar refractivity (Wildman–Crippen MR) is 92.9 cm³/mol. The van der Waals surface area contributed by atoms with E-state index in [2.05, 4.69) is 15.6 Å². The Morgan fingerprint density at radius 2 is 1.48 bits per heavy atom. The van der Waals surface area contributed by atoms with Crippen molar-refractivity contribution in [3.8, 4) is 0 Å². The van der Waals surface area contributed by atoms with Crippen molar-refractivity contribution in [3.63, 3.8) is 0 Å². The molecule has 5 nitrogen and oxygen atoms in total. The third kappa shape index (κ3) is 4.30. The molecular formula is C19H12F3N3O2. The lowest BCUT2D eigenvalue weighted by Gasteiger charge is -2.08. The summed E-state index contributed by atoms with van der Waals surface area (Å²) < 4.78 is 40.2. The van der Waals surface area contributed by atoms with Crippen LogP contribution in [0.3, 0.4) is 0 Å². The van der Waals surface area contributed by atoms with Gasteiger partial charge in [0.15, 0.2) is 0 Å². The molecule has 136 valence electrons. The summed E-state index contributed by atoms with van der Waals surface area (Å²) in [6.45, 7) is 0. The Balaban J connectivity index is 1.77. The fourth-order valence-electron chi connectivity index (χ4n) is 2.23. The highest BCUT2D eigenvalue weighted by Gasteiger charge is 2.15. The number of anilines is 2. The number of carbonyl (C=O) groups excluding carboxylic acids is 2. The van der Waals surface area contributed by atoms with Crippen molar-refractivity contribution in [2.45, 2.75) is 0 Å². The molecule has 0 aliphatic rings. The number of nitrogens with one attached hydrogen (secondary N) is 2. The van der Waals surface area contributed by atoms with E-state index in [1.54, 1.807) is 6.07 Å². The Morgan fingerprint density at radius 3 is 2.22 bits per heavy atom. The molecule has 0 unspecified atom stereocenters. The molecule has 0 spiro atoms. The first kappa shape index (κ1) is 18.1. The van der Waals surface area contributed by atoms with Crippen LogP contribution in [0.1, 0.15) is 20.8 Å². The molecule has 3 aromatic rings. The van der Waals surface area contributed by atoms with Gasteiger partial charge in [-0.05, 0) is 36.4 Å². The molecule has 8 heteroatoms. The summed E-state index contributed by atoms with van der Waals surface area (Å²) in [5.41, 5.74) is -0.360. The Morgan fingerprint density at radius 1 is 0.778 bits per heavy atom. The van der Waals surface area contributed by atoms with Gasteiger partial charge in [0, 0.05) is 17.8 Å². The van der Waals surface area contributed by atoms with E-state index in [-0.39, 0.29) is 22.6 Å². The first-order valence-electron chi connectivity index (χ1n) is 7.72. The number of hydrogen-bond acceptors (Lipinski definition) is 3. The minimum absolute atomic E-state index is 0.0207. The summed E-state index contributed by atoms with van der Waals surface area (Å²) in [7, 11) is 0. The predicted octanol–water partition coefficient (Wildman–Crippen LogP) is 4.00. The van der Waals surface area contributed by atoms with Crippen LogP contribution in [0, 0.1) is 17.5 Å². The van der Waals surface area contributed by atoms with Crippen LogP contribution in [0.5, 0.6) is 0 Å². The molecule has 3 rings (SSSR count). The molecule has 0 aliphatic heterocycles. The van der Waals surface area contributed by atoms with E-state index in [9.17, 15) is 22.8 Å². The highest BCUT2D eigenvalue weighted by atomic mass is 19.1. The molecule has 0 aliphatic carbocycles. The molecule has 2 aromatic carbocycles. The topological polar surface area (TPSA) is 71.1 Å². The van der Waals surface area contributed by atoms with Gasteiger partial charge < -0.3 is 10.6 Å². The van der Waals surface area contributed by atoms with Crippen LogP contribution in [-0.2, 0) is 0 Å². The summed E-state index contributed by atoms with van der Waals surface area (Å²) >= 11 is 0. The van der Waals surface area contributed by atoms with Gasteiger partial charge in [-0.1, -0.05) is 12.1 Å². The van der Waals surface area contributed by atoms with Crippen LogP contribution in [0.2, 0.25) is 0 Å². The quantitative estimate of drug-likeness (QED) is 0.728. The molecule has 0 atom stereocenters. The molecule has 0 fully saturated rings. The van der Waals surface area contributed by atoms with E-state index in [1.165, 1.54) is 36.5 Å². The largest absolute Gasteiger partial charge is 0.319 e. The second-order valence-corrected chi connectivity index (χ2v) is 5.44. The van der Waals surface area contributed by atoms with E-state index in [0.717, 1.165) is 12.1 Å². The van der Waals surface area contributed by atoms with Crippen LogP contribution < -0.4 is 10.6 Å². The second kappa shape index (κ2) is 7.69. The Kier molecular flexibility index (Phi) is 5.16. The smallest absolute Gasteiger partial charge is 0.274 e. The lowest BCUT2D eigenvalue weighted by atomic mass is 10.2. The van der Waals surface area contributed by atoms with Gasteiger partial charge in [-0.2, -0.15) is 0 Å². The number of para-hydroxylation sites is 1. The van der Waals surface area contributed by atoms with Crippen LogP contribution >= 0.6 is 0 Å². The highest BCUT2D eigenvalue weighted by Crippen LogP contribution is 2.17. The molecular weight excluding hydrogens is 359 g/mol. The second-order valence-electron chi connectivity index (χ2n) is 5.44. The van der Waals surface area contributed by atoms with E-state index in [4.69, 9.17) is 0 Å². The minimum Gasteiger partial charge on any atom is -0.319 e. The monoisotopic (exact) mass is 371 g/mol. The van der Waals surface area contributed by atoms with Crippen molar-refractivity contribution < 1.29 is 22.8 Å². The summed E-state index contributed by atoms with van der Waals surface area (Å²) in [4.78, 5) is 28.3. The average molecular weight is 371 g/mol. The van der Waals surface area contributed by atoms with Crippen LogP contribution in [0.4, 0.5) is 24.5 Å². The third-order valence-electron chi connectivity index (χ3n) is 3.56.